The minimum Gasteiger partial charge on any atom is -0.471 e. The van der Waals surface area contributed by atoms with Crippen LogP contribution in [0.2, 0.25) is 0 Å². The van der Waals surface area contributed by atoms with Gasteiger partial charge in [-0.05, 0) is 54.6 Å². The SMILES string of the molecule is CNC(=O)c1c(-c2ccc(F)cc2)oc2cc(N(C)S(C)(=O)=O)c(-c3ccc4c(n3)C(=O)N(Cc3ccc(F)cn3)CO4)cc12. The number of hydrogen-bond acceptors (Lipinski definition) is 8. The lowest BCUT2D eigenvalue weighted by Gasteiger charge is -2.28. The zero-order chi connectivity index (χ0) is 32.0. The van der Waals surface area contributed by atoms with Crippen LogP contribution in [-0.2, 0) is 16.6 Å². The van der Waals surface area contributed by atoms with Crippen molar-refractivity contribution in [1.82, 2.24) is 20.2 Å². The van der Waals surface area contributed by atoms with Crippen LogP contribution in [0.25, 0.3) is 33.6 Å². The highest BCUT2D eigenvalue weighted by Gasteiger charge is 2.30. The molecule has 1 N–H and O–H groups in total. The van der Waals surface area contributed by atoms with Crippen LogP contribution in [0.5, 0.6) is 5.75 Å². The number of anilines is 1. The summed E-state index contributed by atoms with van der Waals surface area (Å²) in [6, 6.07) is 14.3. The van der Waals surface area contributed by atoms with Crippen LogP contribution in [0, 0.1) is 11.6 Å². The van der Waals surface area contributed by atoms with E-state index in [1.165, 1.54) is 61.5 Å². The number of carbonyl (C=O) groups excluding carboxylic acids is 2. The fourth-order valence-corrected chi connectivity index (χ4v) is 5.47. The lowest BCUT2D eigenvalue weighted by molar-refractivity contribution is 0.0484. The summed E-state index contributed by atoms with van der Waals surface area (Å²) in [6.45, 7) is -0.0498. The summed E-state index contributed by atoms with van der Waals surface area (Å²) >= 11 is 0. The number of pyridine rings is 2. The van der Waals surface area contributed by atoms with Gasteiger partial charge in [0, 0.05) is 36.7 Å². The summed E-state index contributed by atoms with van der Waals surface area (Å²) in [5.41, 5.74) is 1.83. The molecule has 6 rings (SSSR count). The van der Waals surface area contributed by atoms with Gasteiger partial charge in [-0.3, -0.25) is 23.8 Å². The number of furan rings is 1. The number of nitrogens with one attached hydrogen (secondary N) is 1. The molecule has 230 valence electrons. The second kappa shape index (κ2) is 11.3. The summed E-state index contributed by atoms with van der Waals surface area (Å²) in [6.07, 6.45) is 2.08. The van der Waals surface area contributed by atoms with Crippen LogP contribution in [-0.4, -0.2) is 62.2 Å². The van der Waals surface area contributed by atoms with E-state index in [1.54, 1.807) is 18.2 Å². The van der Waals surface area contributed by atoms with Crippen molar-refractivity contribution in [3.63, 3.8) is 0 Å². The summed E-state index contributed by atoms with van der Waals surface area (Å²) in [7, 11) is -0.996. The molecule has 0 aliphatic carbocycles. The number of fused-ring (bicyclic) bond motifs is 2. The number of halogens is 2. The van der Waals surface area contributed by atoms with Gasteiger partial charge in [0.25, 0.3) is 11.8 Å². The Morgan fingerprint density at radius 1 is 1.07 bits per heavy atom. The van der Waals surface area contributed by atoms with Gasteiger partial charge in [0.1, 0.15) is 23.0 Å². The van der Waals surface area contributed by atoms with E-state index >= 15 is 0 Å². The molecule has 4 heterocycles. The molecule has 1 aliphatic heterocycles. The number of benzene rings is 2. The van der Waals surface area contributed by atoms with E-state index in [2.05, 4.69) is 15.3 Å². The van der Waals surface area contributed by atoms with E-state index in [-0.39, 0.29) is 58.6 Å². The Morgan fingerprint density at radius 3 is 2.47 bits per heavy atom. The predicted molar refractivity (Wildman–Crippen MR) is 161 cm³/mol. The van der Waals surface area contributed by atoms with Crippen molar-refractivity contribution in [1.29, 1.82) is 0 Å². The molecule has 5 aromatic rings. The normalized spacial score (nSPS) is 13.0. The second-order valence-electron chi connectivity index (χ2n) is 10.3. The Kier molecular flexibility index (Phi) is 7.44. The quantitative estimate of drug-likeness (QED) is 0.275. The largest absolute Gasteiger partial charge is 0.471 e. The van der Waals surface area contributed by atoms with Crippen molar-refractivity contribution in [2.24, 2.45) is 0 Å². The van der Waals surface area contributed by atoms with Gasteiger partial charge in [0.05, 0.1) is 41.6 Å². The maximum atomic E-state index is 13.7. The molecule has 2 amide bonds. The molecule has 0 bridgehead atoms. The third-order valence-electron chi connectivity index (χ3n) is 7.34. The van der Waals surface area contributed by atoms with Crippen molar-refractivity contribution in [3.8, 4) is 28.3 Å². The third-order valence-corrected chi connectivity index (χ3v) is 8.54. The smallest absolute Gasteiger partial charge is 0.279 e. The molecule has 45 heavy (non-hydrogen) atoms. The average molecular weight is 634 g/mol. The first-order valence-corrected chi connectivity index (χ1v) is 15.4. The van der Waals surface area contributed by atoms with Gasteiger partial charge in [-0.15, -0.1) is 0 Å². The van der Waals surface area contributed by atoms with Crippen LogP contribution in [0.15, 0.2) is 71.3 Å². The van der Waals surface area contributed by atoms with Crippen molar-refractivity contribution >= 4 is 38.5 Å². The van der Waals surface area contributed by atoms with Gasteiger partial charge in [-0.25, -0.2) is 22.2 Å². The van der Waals surface area contributed by atoms with Crippen molar-refractivity contribution in [2.75, 3.05) is 31.4 Å². The number of carbonyl (C=O) groups is 2. The van der Waals surface area contributed by atoms with E-state index in [9.17, 15) is 26.8 Å². The number of aromatic nitrogens is 2. The summed E-state index contributed by atoms with van der Waals surface area (Å²) in [5, 5.41) is 2.92. The Bertz CT molecular complexity index is 2080. The maximum Gasteiger partial charge on any atom is 0.279 e. The predicted octanol–water partition coefficient (Wildman–Crippen LogP) is 4.58. The number of nitrogens with zero attached hydrogens (tertiary/aromatic N) is 4. The third kappa shape index (κ3) is 5.55. The first kappa shape index (κ1) is 29.7. The number of rotatable bonds is 7. The van der Waals surface area contributed by atoms with Crippen LogP contribution >= 0.6 is 0 Å². The molecular formula is C31H25F2N5O6S. The van der Waals surface area contributed by atoms with Gasteiger partial charge < -0.3 is 14.5 Å². The molecule has 0 unspecified atom stereocenters. The van der Waals surface area contributed by atoms with E-state index in [4.69, 9.17) is 9.15 Å². The number of hydrogen-bond donors (Lipinski definition) is 1. The molecule has 0 fully saturated rings. The van der Waals surface area contributed by atoms with Crippen molar-refractivity contribution in [3.05, 3.63) is 95.4 Å². The molecule has 0 saturated carbocycles. The number of ether oxygens (including phenoxy) is 1. The first-order chi connectivity index (χ1) is 21.4. The van der Waals surface area contributed by atoms with E-state index < -0.39 is 33.5 Å². The molecule has 2 aromatic carbocycles. The zero-order valence-electron chi connectivity index (χ0n) is 24.2. The molecule has 1 aliphatic rings. The molecule has 0 saturated heterocycles. The van der Waals surface area contributed by atoms with E-state index in [1.807, 2.05) is 0 Å². The Balaban J connectivity index is 1.51. The van der Waals surface area contributed by atoms with Gasteiger partial charge in [0.15, 0.2) is 18.2 Å². The minimum absolute atomic E-state index is 0.0281. The lowest BCUT2D eigenvalue weighted by atomic mass is 10.0. The summed E-state index contributed by atoms with van der Waals surface area (Å²) in [5.74, 6) is -1.57. The molecule has 3 aromatic heterocycles. The van der Waals surface area contributed by atoms with Gasteiger partial charge >= 0.3 is 0 Å². The van der Waals surface area contributed by atoms with Gasteiger partial charge in [-0.2, -0.15) is 0 Å². The Morgan fingerprint density at radius 2 is 1.80 bits per heavy atom. The van der Waals surface area contributed by atoms with Crippen LogP contribution in [0.3, 0.4) is 0 Å². The van der Waals surface area contributed by atoms with Crippen molar-refractivity contribution in [2.45, 2.75) is 6.54 Å². The monoisotopic (exact) mass is 633 g/mol. The summed E-state index contributed by atoms with van der Waals surface area (Å²) < 4.78 is 65.4. The second-order valence-corrected chi connectivity index (χ2v) is 12.3. The highest BCUT2D eigenvalue weighted by molar-refractivity contribution is 7.92. The standard InChI is InChI=1S/C31H25F2N5O6S/c1-34-30(39)27-22-12-21(24(37(2)45(3,41)42)13-26(22)44-29(27)17-4-6-18(32)7-5-17)23-10-11-25-28(36-23)31(40)38(16-43-25)15-20-9-8-19(33)14-35-20/h4-14H,15-16H2,1-3H3,(H,34,39). The fourth-order valence-electron chi connectivity index (χ4n) is 4.97. The Hall–Kier alpha value is -5.37. The topological polar surface area (TPSA) is 135 Å². The van der Waals surface area contributed by atoms with E-state index in [0.29, 0.717) is 16.6 Å². The fraction of sp³-hybridized carbons (Fsp3) is 0.161. The molecule has 0 radical (unpaired) electrons. The van der Waals surface area contributed by atoms with E-state index in [0.717, 1.165) is 16.8 Å². The van der Waals surface area contributed by atoms with Gasteiger partial charge in [-0.1, -0.05) is 0 Å². The number of sulfonamides is 1. The highest BCUT2D eigenvalue weighted by Crippen LogP contribution is 2.41. The maximum absolute atomic E-state index is 13.7. The minimum atomic E-state index is -3.80. The average Bonchev–Trinajstić information content (AvgIpc) is 3.40. The van der Waals surface area contributed by atoms with Crippen molar-refractivity contribution < 1.29 is 35.9 Å². The van der Waals surface area contributed by atoms with Crippen LogP contribution < -0.4 is 14.4 Å². The van der Waals surface area contributed by atoms with Crippen LogP contribution in [0.1, 0.15) is 26.5 Å². The van der Waals surface area contributed by atoms with Crippen LogP contribution in [0.4, 0.5) is 14.5 Å². The summed E-state index contributed by atoms with van der Waals surface area (Å²) in [4.78, 5) is 36.6. The zero-order valence-corrected chi connectivity index (χ0v) is 25.0. The first-order valence-electron chi connectivity index (χ1n) is 13.5. The van der Waals surface area contributed by atoms with Gasteiger partial charge in [0.2, 0.25) is 10.0 Å². The molecule has 0 atom stereocenters. The molecular weight excluding hydrogens is 608 g/mol. The number of amides is 2. The highest BCUT2D eigenvalue weighted by atomic mass is 32.2. The Labute approximate surface area is 256 Å². The lowest BCUT2D eigenvalue weighted by Crippen LogP contribution is -2.39. The molecule has 11 nitrogen and oxygen atoms in total. The molecule has 14 heteroatoms. The molecule has 0 spiro atoms.